The van der Waals surface area contributed by atoms with Crippen LogP contribution in [0.4, 0.5) is 15.4 Å². The van der Waals surface area contributed by atoms with Gasteiger partial charge in [0.1, 0.15) is 23.6 Å². The maximum Gasteiger partial charge on any atom is 0.425 e. The predicted molar refractivity (Wildman–Crippen MR) is 136 cm³/mol. The molecule has 1 fully saturated rings. The molecule has 0 saturated carbocycles. The third-order valence-corrected chi connectivity index (χ3v) is 4.96. The molecule has 38 heavy (non-hydrogen) atoms. The van der Waals surface area contributed by atoms with Gasteiger partial charge in [-0.2, -0.15) is 4.90 Å². The van der Waals surface area contributed by atoms with E-state index in [-0.39, 0.29) is 19.0 Å². The average Bonchev–Trinajstić information content (AvgIpc) is 2.79. The second-order valence-electron chi connectivity index (χ2n) is 10.6. The van der Waals surface area contributed by atoms with Gasteiger partial charge in [0.25, 0.3) is 5.91 Å². The Morgan fingerprint density at radius 1 is 0.895 bits per heavy atom. The van der Waals surface area contributed by atoms with Crippen molar-refractivity contribution in [2.75, 3.05) is 4.90 Å². The van der Waals surface area contributed by atoms with Gasteiger partial charge in [-0.05, 0) is 64.8 Å². The molecule has 0 aliphatic carbocycles. The number of benzene rings is 1. The van der Waals surface area contributed by atoms with Crippen molar-refractivity contribution in [2.45, 2.75) is 78.1 Å². The van der Waals surface area contributed by atoms with Gasteiger partial charge in [0.15, 0.2) is 12.1 Å². The highest BCUT2D eigenvalue weighted by atomic mass is 16.6. The van der Waals surface area contributed by atoms with E-state index in [0.29, 0.717) is 10.5 Å². The fourth-order valence-electron chi connectivity index (χ4n) is 3.27. The van der Waals surface area contributed by atoms with E-state index < -0.39 is 47.4 Å². The molecule has 0 radical (unpaired) electrons. The lowest BCUT2D eigenvalue weighted by Crippen LogP contribution is -2.67. The minimum Gasteiger partial charge on any atom is -0.459 e. The number of nitrogens with one attached hydrogen (secondary N) is 1. The zero-order valence-electron chi connectivity index (χ0n) is 22.3. The van der Waals surface area contributed by atoms with Gasteiger partial charge in [0.2, 0.25) is 0 Å². The molecule has 1 aromatic heterocycles. The largest absolute Gasteiger partial charge is 0.459 e. The highest BCUT2D eigenvalue weighted by Crippen LogP contribution is 2.22. The molecule has 3 amide bonds. The topological polar surface area (TPSA) is 133 Å². The molecule has 2 aromatic rings. The van der Waals surface area contributed by atoms with Gasteiger partial charge in [-0.15, -0.1) is 0 Å². The molecule has 1 unspecified atom stereocenters. The molecule has 1 N–H and O–H groups in total. The van der Waals surface area contributed by atoms with Gasteiger partial charge in [-0.3, -0.25) is 4.79 Å². The first kappa shape index (κ1) is 28.6. The van der Waals surface area contributed by atoms with E-state index in [2.05, 4.69) is 10.3 Å². The zero-order chi connectivity index (χ0) is 28.1. The minimum absolute atomic E-state index is 0.0496. The number of nitrogens with zero attached hydrogens (tertiary/aromatic N) is 2. The van der Waals surface area contributed by atoms with Crippen molar-refractivity contribution in [1.82, 2.24) is 10.3 Å². The third-order valence-electron chi connectivity index (χ3n) is 4.96. The third kappa shape index (κ3) is 8.01. The van der Waals surface area contributed by atoms with E-state index in [9.17, 15) is 19.2 Å². The van der Waals surface area contributed by atoms with Gasteiger partial charge in [-0.25, -0.2) is 19.4 Å². The molecule has 1 aromatic carbocycles. The molecule has 1 aliphatic heterocycles. The lowest BCUT2D eigenvalue weighted by atomic mass is 10.0. The van der Waals surface area contributed by atoms with Crippen molar-refractivity contribution in [3.63, 3.8) is 0 Å². The molecule has 3 rings (SSSR count). The molecule has 204 valence electrons. The van der Waals surface area contributed by atoms with Crippen LogP contribution in [0.3, 0.4) is 0 Å². The number of aromatic nitrogens is 1. The standard InChI is InChI=1S/C27H33N3O8/c1-26(2,3)37-24(33)30(25(34)38-27(4,5)6)19-14-18(12-13-28-19)16-35-21-20(29-22(21)31)23(32)36-15-17-10-8-7-9-11-17/h7-14,20-21H,15-16H2,1-6H3,(H,29,31)/t20-,21?/m0/s1. The normalized spacial score (nSPS) is 17.1. The fourth-order valence-corrected chi connectivity index (χ4v) is 3.27. The predicted octanol–water partition coefficient (Wildman–Crippen LogP) is 3.89. The van der Waals surface area contributed by atoms with Gasteiger partial charge in [-0.1, -0.05) is 30.3 Å². The maximum absolute atomic E-state index is 12.9. The number of carbonyl (C=O) groups excluding carboxylic acids is 4. The molecular formula is C27H33N3O8. The molecule has 11 nitrogen and oxygen atoms in total. The Morgan fingerprint density at radius 2 is 1.50 bits per heavy atom. The van der Waals surface area contributed by atoms with Crippen LogP contribution >= 0.6 is 0 Å². The molecule has 11 heteroatoms. The van der Waals surface area contributed by atoms with E-state index in [1.54, 1.807) is 47.6 Å². The van der Waals surface area contributed by atoms with Crippen molar-refractivity contribution in [3.8, 4) is 0 Å². The summed E-state index contributed by atoms with van der Waals surface area (Å²) in [5, 5.41) is 2.49. The summed E-state index contributed by atoms with van der Waals surface area (Å²) in [5.41, 5.74) is -0.449. The first-order chi connectivity index (χ1) is 17.7. The van der Waals surface area contributed by atoms with E-state index in [4.69, 9.17) is 18.9 Å². The van der Waals surface area contributed by atoms with Crippen LogP contribution in [0.5, 0.6) is 0 Å². The van der Waals surface area contributed by atoms with Gasteiger partial charge >= 0.3 is 18.2 Å². The Morgan fingerprint density at radius 3 is 2.05 bits per heavy atom. The van der Waals surface area contributed by atoms with Crippen LogP contribution in [0.1, 0.15) is 52.7 Å². The number of pyridine rings is 1. The van der Waals surface area contributed by atoms with E-state index in [0.717, 1.165) is 5.56 Å². The van der Waals surface area contributed by atoms with Crippen LogP contribution in [0.25, 0.3) is 0 Å². The smallest absolute Gasteiger partial charge is 0.425 e. The number of carbonyl (C=O) groups is 4. The van der Waals surface area contributed by atoms with Crippen molar-refractivity contribution in [3.05, 3.63) is 59.8 Å². The Hall–Kier alpha value is -3.99. The molecule has 0 bridgehead atoms. The van der Waals surface area contributed by atoms with E-state index in [1.807, 2.05) is 30.3 Å². The Kier molecular flexibility index (Phi) is 8.72. The Bertz CT molecular complexity index is 1140. The number of imide groups is 1. The monoisotopic (exact) mass is 527 g/mol. The molecular weight excluding hydrogens is 494 g/mol. The number of amides is 3. The first-order valence-electron chi connectivity index (χ1n) is 12.1. The highest BCUT2D eigenvalue weighted by Gasteiger charge is 2.46. The van der Waals surface area contributed by atoms with Gasteiger partial charge in [0, 0.05) is 6.20 Å². The summed E-state index contributed by atoms with van der Waals surface area (Å²) >= 11 is 0. The quantitative estimate of drug-likeness (QED) is 0.323. The lowest BCUT2D eigenvalue weighted by molar-refractivity contribution is -0.168. The van der Waals surface area contributed by atoms with Crippen LogP contribution in [-0.2, 0) is 41.8 Å². The van der Waals surface area contributed by atoms with Crippen LogP contribution in [0.15, 0.2) is 48.7 Å². The molecule has 2 heterocycles. The molecule has 0 spiro atoms. The lowest BCUT2D eigenvalue weighted by Gasteiger charge is -2.34. The molecule has 1 saturated heterocycles. The van der Waals surface area contributed by atoms with Crippen molar-refractivity contribution < 1.29 is 38.1 Å². The summed E-state index contributed by atoms with van der Waals surface area (Å²) < 4.78 is 21.7. The SMILES string of the molecule is CC(C)(C)OC(=O)N(C(=O)OC(C)(C)C)c1cc(COC2C(=O)N[C@@H]2C(=O)OCc2ccccc2)ccn1. The van der Waals surface area contributed by atoms with E-state index >= 15 is 0 Å². The highest BCUT2D eigenvalue weighted by molar-refractivity contribution is 6.08. The second-order valence-corrected chi connectivity index (χ2v) is 10.6. The van der Waals surface area contributed by atoms with Crippen LogP contribution < -0.4 is 10.2 Å². The molecule has 1 aliphatic rings. The van der Waals surface area contributed by atoms with Crippen LogP contribution in [0.2, 0.25) is 0 Å². The number of hydrogen-bond donors (Lipinski definition) is 1. The van der Waals surface area contributed by atoms with Crippen molar-refractivity contribution in [2.24, 2.45) is 0 Å². The zero-order valence-corrected chi connectivity index (χ0v) is 22.3. The molecule has 2 atom stereocenters. The fraction of sp³-hybridized carbons (Fsp3) is 0.444. The first-order valence-corrected chi connectivity index (χ1v) is 12.1. The summed E-state index contributed by atoms with van der Waals surface area (Å²) in [6.45, 7) is 9.97. The Balaban J connectivity index is 1.69. The Labute approximate surface area is 221 Å². The van der Waals surface area contributed by atoms with Gasteiger partial charge in [0.05, 0.1) is 6.61 Å². The van der Waals surface area contributed by atoms with Crippen LogP contribution in [-0.4, -0.2) is 52.4 Å². The number of β-lactam (4-membered cyclic amide) rings is 1. The summed E-state index contributed by atoms with van der Waals surface area (Å²) in [7, 11) is 0. The minimum atomic E-state index is -1.05. The summed E-state index contributed by atoms with van der Waals surface area (Å²) in [6, 6.07) is 11.2. The number of esters is 1. The average molecular weight is 528 g/mol. The number of ether oxygens (including phenoxy) is 4. The second kappa shape index (κ2) is 11.6. The van der Waals surface area contributed by atoms with Gasteiger partial charge < -0.3 is 24.3 Å². The number of anilines is 1. The van der Waals surface area contributed by atoms with Crippen molar-refractivity contribution in [1.29, 1.82) is 0 Å². The summed E-state index contributed by atoms with van der Waals surface area (Å²) in [6.07, 6.45) is -1.60. The maximum atomic E-state index is 12.9. The summed E-state index contributed by atoms with van der Waals surface area (Å²) in [5.74, 6) is -1.12. The number of hydrogen-bond acceptors (Lipinski definition) is 9. The summed E-state index contributed by atoms with van der Waals surface area (Å²) in [4.78, 5) is 55.1. The van der Waals surface area contributed by atoms with Crippen molar-refractivity contribution >= 4 is 29.9 Å². The number of rotatable bonds is 7. The van der Waals surface area contributed by atoms with Crippen LogP contribution in [0, 0.1) is 0 Å². The van der Waals surface area contributed by atoms with E-state index in [1.165, 1.54) is 12.3 Å².